The van der Waals surface area contributed by atoms with Crippen LogP contribution in [0.3, 0.4) is 0 Å². The third kappa shape index (κ3) is 3.94. The van der Waals surface area contributed by atoms with Crippen LogP contribution in [0.25, 0.3) is 0 Å². The maximum absolute atomic E-state index is 12.0. The Morgan fingerprint density at radius 2 is 2.30 bits per heavy atom. The molecule has 1 aliphatic heterocycles. The van der Waals surface area contributed by atoms with Crippen LogP contribution in [-0.2, 0) is 11.2 Å². The van der Waals surface area contributed by atoms with Gasteiger partial charge in [-0.05, 0) is 25.0 Å². The van der Waals surface area contributed by atoms with Crippen LogP contribution in [0, 0.1) is 5.92 Å². The van der Waals surface area contributed by atoms with Crippen LogP contribution in [0.15, 0.2) is 24.4 Å². The predicted molar refractivity (Wildman–Crippen MR) is 73.3 cm³/mol. The first-order chi connectivity index (χ1) is 9.66. The van der Waals surface area contributed by atoms with Crippen LogP contribution in [-0.4, -0.2) is 46.6 Å². The molecule has 6 heteroatoms. The second-order valence-electron chi connectivity index (χ2n) is 4.93. The van der Waals surface area contributed by atoms with Crippen LogP contribution < -0.4 is 5.32 Å². The first kappa shape index (κ1) is 14.3. The standard InChI is InChI=1S/C14H19N3O3/c18-13(19)11-4-3-9-17(10-11)14(20)16-8-6-12-5-1-2-7-15-12/h1-2,5,7,11H,3-4,6,8-10H2,(H,16,20)(H,18,19)/t11-/m0/s1. The van der Waals surface area contributed by atoms with Gasteiger partial charge in [-0.25, -0.2) is 4.79 Å². The zero-order valence-electron chi connectivity index (χ0n) is 11.3. The minimum atomic E-state index is -0.823. The molecule has 6 nitrogen and oxygen atoms in total. The molecule has 0 unspecified atom stereocenters. The lowest BCUT2D eigenvalue weighted by atomic mass is 9.99. The Morgan fingerprint density at radius 1 is 1.45 bits per heavy atom. The summed E-state index contributed by atoms with van der Waals surface area (Å²) in [6.45, 7) is 1.42. The lowest BCUT2D eigenvalue weighted by Gasteiger charge is -2.30. The minimum Gasteiger partial charge on any atom is -0.481 e. The van der Waals surface area contributed by atoms with Gasteiger partial charge in [0.05, 0.1) is 5.92 Å². The van der Waals surface area contributed by atoms with Gasteiger partial charge in [-0.1, -0.05) is 6.07 Å². The lowest BCUT2D eigenvalue weighted by molar-refractivity contribution is -0.143. The number of piperidine rings is 1. The first-order valence-electron chi connectivity index (χ1n) is 6.82. The maximum Gasteiger partial charge on any atom is 0.317 e. The summed E-state index contributed by atoms with van der Waals surface area (Å²) in [6, 6.07) is 5.48. The van der Waals surface area contributed by atoms with Gasteiger partial charge in [0.25, 0.3) is 0 Å². The normalized spacial score (nSPS) is 18.6. The second-order valence-corrected chi connectivity index (χ2v) is 4.93. The molecule has 2 amide bonds. The lowest BCUT2D eigenvalue weighted by Crippen LogP contribution is -2.47. The highest BCUT2D eigenvalue weighted by molar-refractivity contribution is 5.76. The number of aliphatic carboxylic acids is 1. The summed E-state index contributed by atoms with van der Waals surface area (Å²) in [5.41, 5.74) is 0.926. The number of nitrogens with one attached hydrogen (secondary N) is 1. The van der Waals surface area contributed by atoms with Crippen LogP contribution >= 0.6 is 0 Å². The molecular formula is C14H19N3O3. The number of urea groups is 1. The maximum atomic E-state index is 12.0. The number of hydrogen-bond acceptors (Lipinski definition) is 3. The second kappa shape index (κ2) is 6.88. The van der Waals surface area contributed by atoms with Crippen molar-refractivity contribution in [2.75, 3.05) is 19.6 Å². The third-order valence-corrected chi connectivity index (χ3v) is 3.44. The van der Waals surface area contributed by atoms with E-state index in [2.05, 4.69) is 10.3 Å². The Bertz CT molecular complexity index is 464. The number of hydrogen-bond donors (Lipinski definition) is 2. The van der Waals surface area contributed by atoms with Gasteiger partial charge >= 0.3 is 12.0 Å². The van der Waals surface area contributed by atoms with E-state index in [1.165, 1.54) is 0 Å². The van der Waals surface area contributed by atoms with E-state index in [1.54, 1.807) is 11.1 Å². The van der Waals surface area contributed by atoms with Gasteiger partial charge in [-0.3, -0.25) is 9.78 Å². The molecule has 2 rings (SSSR count). The van der Waals surface area contributed by atoms with Gasteiger partial charge < -0.3 is 15.3 Å². The molecule has 1 aromatic heterocycles. The molecule has 0 bridgehead atoms. The molecule has 1 fully saturated rings. The Hall–Kier alpha value is -2.11. The predicted octanol–water partition coefficient (Wildman–Crippen LogP) is 1.13. The van der Waals surface area contributed by atoms with E-state index in [-0.39, 0.29) is 6.03 Å². The van der Waals surface area contributed by atoms with Crippen molar-refractivity contribution in [2.24, 2.45) is 5.92 Å². The van der Waals surface area contributed by atoms with Crippen molar-refractivity contribution in [1.29, 1.82) is 0 Å². The van der Waals surface area contributed by atoms with Gasteiger partial charge in [0, 0.05) is 37.9 Å². The Balaban J connectivity index is 1.75. The van der Waals surface area contributed by atoms with E-state index < -0.39 is 11.9 Å². The number of pyridine rings is 1. The van der Waals surface area contributed by atoms with Crippen molar-refractivity contribution in [3.63, 3.8) is 0 Å². The number of carbonyl (C=O) groups is 2. The summed E-state index contributed by atoms with van der Waals surface area (Å²) < 4.78 is 0. The average molecular weight is 277 g/mol. The van der Waals surface area contributed by atoms with Gasteiger partial charge in [0.15, 0.2) is 0 Å². The largest absolute Gasteiger partial charge is 0.481 e. The van der Waals surface area contributed by atoms with Crippen molar-refractivity contribution in [2.45, 2.75) is 19.3 Å². The molecule has 1 aromatic rings. The molecule has 108 valence electrons. The average Bonchev–Trinajstić information content (AvgIpc) is 2.48. The Labute approximate surface area is 117 Å². The fourth-order valence-corrected chi connectivity index (χ4v) is 2.32. The number of carbonyl (C=O) groups excluding carboxylic acids is 1. The first-order valence-corrected chi connectivity index (χ1v) is 6.82. The summed E-state index contributed by atoms with van der Waals surface area (Å²) in [7, 11) is 0. The van der Waals surface area contributed by atoms with Gasteiger partial charge in [-0.2, -0.15) is 0 Å². The zero-order chi connectivity index (χ0) is 14.4. The Morgan fingerprint density at radius 3 is 3.00 bits per heavy atom. The van der Waals surface area contributed by atoms with Crippen LogP contribution in [0.5, 0.6) is 0 Å². The molecule has 0 saturated carbocycles. The molecule has 1 aliphatic rings. The van der Waals surface area contributed by atoms with Crippen molar-refractivity contribution in [1.82, 2.24) is 15.2 Å². The molecule has 20 heavy (non-hydrogen) atoms. The molecule has 1 atom stereocenters. The van der Waals surface area contributed by atoms with E-state index in [1.807, 2.05) is 18.2 Å². The number of rotatable bonds is 4. The van der Waals surface area contributed by atoms with Gasteiger partial charge in [0.2, 0.25) is 0 Å². The highest BCUT2D eigenvalue weighted by Crippen LogP contribution is 2.16. The zero-order valence-corrected chi connectivity index (χ0v) is 11.3. The van der Waals surface area contributed by atoms with Crippen LogP contribution in [0.2, 0.25) is 0 Å². The molecular weight excluding hydrogens is 258 g/mol. The summed E-state index contributed by atoms with van der Waals surface area (Å²) >= 11 is 0. The van der Waals surface area contributed by atoms with E-state index in [4.69, 9.17) is 5.11 Å². The van der Waals surface area contributed by atoms with E-state index in [9.17, 15) is 9.59 Å². The fraction of sp³-hybridized carbons (Fsp3) is 0.500. The summed E-state index contributed by atoms with van der Waals surface area (Å²) in [6.07, 6.45) is 3.78. The molecule has 0 aromatic carbocycles. The number of likely N-dealkylation sites (tertiary alicyclic amines) is 1. The third-order valence-electron chi connectivity index (χ3n) is 3.44. The van der Waals surface area contributed by atoms with Crippen molar-refractivity contribution in [3.05, 3.63) is 30.1 Å². The van der Waals surface area contributed by atoms with Crippen molar-refractivity contribution < 1.29 is 14.7 Å². The van der Waals surface area contributed by atoms with Crippen LogP contribution in [0.1, 0.15) is 18.5 Å². The monoisotopic (exact) mass is 277 g/mol. The minimum absolute atomic E-state index is 0.188. The summed E-state index contributed by atoms with van der Waals surface area (Å²) in [5, 5.41) is 11.8. The molecule has 0 radical (unpaired) electrons. The van der Waals surface area contributed by atoms with Gasteiger partial charge in [-0.15, -0.1) is 0 Å². The molecule has 0 spiro atoms. The number of aromatic nitrogens is 1. The highest BCUT2D eigenvalue weighted by Gasteiger charge is 2.27. The smallest absolute Gasteiger partial charge is 0.317 e. The fourth-order valence-electron chi connectivity index (χ4n) is 2.32. The van der Waals surface area contributed by atoms with Crippen LogP contribution in [0.4, 0.5) is 4.79 Å². The summed E-state index contributed by atoms with van der Waals surface area (Å²) in [5.74, 6) is -1.26. The molecule has 2 N–H and O–H groups in total. The quantitative estimate of drug-likeness (QED) is 0.864. The van der Waals surface area contributed by atoms with Crippen molar-refractivity contribution >= 4 is 12.0 Å². The topological polar surface area (TPSA) is 82.5 Å². The van der Waals surface area contributed by atoms with Crippen molar-refractivity contribution in [3.8, 4) is 0 Å². The molecule has 2 heterocycles. The number of amides is 2. The molecule has 0 aliphatic carbocycles. The SMILES string of the molecule is O=C(O)[C@H]1CCCN(C(=O)NCCc2ccccn2)C1. The number of carboxylic acids is 1. The Kier molecular flexibility index (Phi) is 4.92. The molecule has 1 saturated heterocycles. The summed E-state index contributed by atoms with van der Waals surface area (Å²) in [4.78, 5) is 28.7. The van der Waals surface area contributed by atoms with Gasteiger partial charge in [0.1, 0.15) is 0 Å². The number of nitrogens with zero attached hydrogens (tertiary/aromatic N) is 2. The van der Waals surface area contributed by atoms with E-state index in [0.717, 1.165) is 12.1 Å². The highest BCUT2D eigenvalue weighted by atomic mass is 16.4. The number of carboxylic acid groups (broad SMARTS) is 1. The van der Waals surface area contributed by atoms with E-state index in [0.29, 0.717) is 32.5 Å². The van der Waals surface area contributed by atoms with E-state index >= 15 is 0 Å².